The summed E-state index contributed by atoms with van der Waals surface area (Å²) < 4.78 is 12.8. The Morgan fingerprint density at radius 1 is 1.60 bits per heavy atom. The molecule has 15 heavy (non-hydrogen) atoms. The van der Waals surface area contributed by atoms with E-state index in [1.165, 1.54) is 19.1 Å². The van der Waals surface area contributed by atoms with Crippen molar-refractivity contribution in [1.82, 2.24) is 5.32 Å². The molecule has 3 nitrogen and oxygen atoms in total. The van der Waals surface area contributed by atoms with Crippen LogP contribution < -0.4 is 5.32 Å². The Kier molecular flexibility index (Phi) is 4.24. The molecule has 0 fully saturated rings. The van der Waals surface area contributed by atoms with Gasteiger partial charge in [0.1, 0.15) is 11.9 Å². The number of hydrogen-bond donors (Lipinski definition) is 2. The Labute approximate surface area is 87.9 Å². The summed E-state index contributed by atoms with van der Waals surface area (Å²) in [5, 5.41) is 11.4. The second-order valence-electron chi connectivity index (χ2n) is 3.35. The van der Waals surface area contributed by atoms with Gasteiger partial charge in [-0.2, -0.15) is 0 Å². The van der Waals surface area contributed by atoms with Crippen LogP contribution in [0.15, 0.2) is 24.3 Å². The average molecular weight is 211 g/mol. The second kappa shape index (κ2) is 5.46. The first-order valence-electron chi connectivity index (χ1n) is 4.80. The lowest BCUT2D eigenvalue weighted by molar-refractivity contribution is -0.128. The van der Waals surface area contributed by atoms with Gasteiger partial charge >= 0.3 is 0 Å². The van der Waals surface area contributed by atoms with Gasteiger partial charge in [-0.1, -0.05) is 12.1 Å². The van der Waals surface area contributed by atoms with Crippen molar-refractivity contribution in [3.8, 4) is 0 Å². The van der Waals surface area contributed by atoms with Crippen LogP contribution in [0.25, 0.3) is 0 Å². The number of benzene rings is 1. The molecule has 82 valence electrons. The molecule has 0 aliphatic heterocycles. The molecule has 0 aromatic heterocycles. The van der Waals surface area contributed by atoms with Gasteiger partial charge in [-0.05, 0) is 31.0 Å². The van der Waals surface area contributed by atoms with Crippen LogP contribution in [-0.4, -0.2) is 23.7 Å². The van der Waals surface area contributed by atoms with E-state index in [0.717, 1.165) is 5.56 Å². The minimum Gasteiger partial charge on any atom is -0.384 e. The third-order valence-electron chi connectivity index (χ3n) is 1.98. The molecule has 2 N–H and O–H groups in total. The topological polar surface area (TPSA) is 49.3 Å². The van der Waals surface area contributed by atoms with Crippen molar-refractivity contribution in [2.24, 2.45) is 0 Å². The molecule has 0 heterocycles. The van der Waals surface area contributed by atoms with Gasteiger partial charge in [0, 0.05) is 6.54 Å². The van der Waals surface area contributed by atoms with Crippen LogP contribution in [0, 0.1) is 5.82 Å². The molecule has 0 saturated heterocycles. The Hall–Kier alpha value is -1.42. The number of aliphatic hydroxyl groups is 1. The first-order valence-corrected chi connectivity index (χ1v) is 4.80. The van der Waals surface area contributed by atoms with Crippen molar-refractivity contribution in [1.29, 1.82) is 0 Å². The van der Waals surface area contributed by atoms with Crippen LogP contribution in [-0.2, 0) is 11.2 Å². The summed E-state index contributed by atoms with van der Waals surface area (Å²) >= 11 is 0. The Morgan fingerprint density at radius 3 is 2.93 bits per heavy atom. The zero-order valence-electron chi connectivity index (χ0n) is 8.53. The van der Waals surface area contributed by atoms with Crippen LogP contribution in [0.1, 0.15) is 12.5 Å². The van der Waals surface area contributed by atoms with E-state index in [1.54, 1.807) is 12.1 Å². The molecule has 1 atom stereocenters. The van der Waals surface area contributed by atoms with E-state index >= 15 is 0 Å². The van der Waals surface area contributed by atoms with E-state index in [1.807, 2.05) is 0 Å². The number of amides is 1. The highest BCUT2D eigenvalue weighted by Crippen LogP contribution is 2.03. The number of hydrogen-bond acceptors (Lipinski definition) is 2. The first-order chi connectivity index (χ1) is 7.09. The molecular weight excluding hydrogens is 197 g/mol. The number of nitrogens with one attached hydrogen (secondary N) is 1. The standard InChI is InChI=1S/C11H14FNO2/c1-8(14)11(15)13-6-5-9-3-2-4-10(12)7-9/h2-4,7-8,14H,5-6H2,1H3,(H,13,15). The Bertz CT molecular complexity index is 339. The lowest BCUT2D eigenvalue weighted by Crippen LogP contribution is -2.33. The van der Waals surface area contributed by atoms with Gasteiger partial charge in [0.2, 0.25) is 5.91 Å². The van der Waals surface area contributed by atoms with Gasteiger partial charge in [-0.25, -0.2) is 4.39 Å². The second-order valence-corrected chi connectivity index (χ2v) is 3.35. The maximum Gasteiger partial charge on any atom is 0.248 e. The lowest BCUT2D eigenvalue weighted by atomic mass is 10.1. The normalized spacial score (nSPS) is 12.2. The van der Waals surface area contributed by atoms with E-state index in [9.17, 15) is 9.18 Å². The molecule has 0 radical (unpaired) electrons. The van der Waals surface area contributed by atoms with Gasteiger partial charge in [-0.3, -0.25) is 4.79 Å². The van der Waals surface area contributed by atoms with Crippen LogP contribution in [0.4, 0.5) is 4.39 Å². The number of aliphatic hydroxyl groups excluding tert-OH is 1. The summed E-state index contributed by atoms with van der Waals surface area (Å²) in [5.41, 5.74) is 0.820. The summed E-state index contributed by atoms with van der Waals surface area (Å²) in [7, 11) is 0. The number of halogens is 1. The zero-order valence-corrected chi connectivity index (χ0v) is 8.53. The molecule has 0 saturated carbocycles. The van der Waals surface area contributed by atoms with Crippen LogP contribution in [0.3, 0.4) is 0 Å². The molecule has 1 aromatic carbocycles. The van der Waals surface area contributed by atoms with E-state index in [-0.39, 0.29) is 5.82 Å². The van der Waals surface area contributed by atoms with Crippen LogP contribution >= 0.6 is 0 Å². The van der Waals surface area contributed by atoms with Gasteiger partial charge in [0.25, 0.3) is 0 Å². The molecule has 0 aliphatic carbocycles. The fraction of sp³-hybridized carbons (Fsp3) is 0.364. The minimum atomic E-state index is -1.00. The first kappa shape index (κ1) is 11.7. The quantitative estimate of drug-likeness (QED) is 0.776. The Balaban J connectivity index is 2.35. The number of carbonyl (C=O) groups excluding carboxylic acids is 1. The van der Waals surface area contributed by atoms with E-state index < -0.39 is 12.0 Å². The molecule has 0 spiro atoms. The maximum absolute atomic E-state index is 12.8. The molecule has 1 aromatic rings. The number of rotatable bonds is 4. The highest BCUT2D eigenvalue weighted by Gasteiger charge is 2.06. The maximum atomic E-state index is 12.8. The molecule has 4 heteroatoms. The molecule has 0 aliphatic rings. The Morgan fingerprint density at radius 2 is 2.33 bits per heavy atom. The monoisotopic (exact) mass is 211 g/mol. The highest BCUT2D eigenvalue weighted by molar-refractivity contribution is 5.79. The van der Waals surface area contributed by atoms with Gasteiger partial charge in [-0.15, -0.1) is 0 Å². The summed E-state index contributed by atoms with van der Waals surface area (Å²) in [6.45, 7) is 1.80. The third-order valence-corrected chi connectivity index (χ3v) is 1.98. The van der Waals surface area contributed by atoms with E-state index in [4.69, 9.17) is 5.11 Å². The fourth-order valence-electron chi connectivity index (χ4n) is 1.17. The van der Waals surface area contributed by atoms with Crippen molar-refractivity contribution in [2.75, 3.05) is 6.54 Å². The van der Waals surface area contributed by atoms with Crippen molar-refractivity contribution in [3.05, 3.63) is 35.6 Å². The average Bonchev–Trinajstić information content (AvgIpc) is 2.17. The van der Waals surface area contributed by atoms with Gasteiger partial charge < -0.3 is 10.4 Å². The predicted octanol–water partition coefficient (Wildman–Crippen LogP) is 0.865. The van der Waals surface area contributed by atoms with E-state index in [2.05, 4.69) is 5.32 Å². The van der Waals surface area contributed by atoms with Gasteiger partial charge in [0.15, 0.2) is 0 Å². The smallest absolute Gasteiger partial charge is 0.248 e. The number of carbonyl (C=O) groups is 1. The van der Waals surface area contributed by atoms with Crippen LogP contribution in [0.2, 0.25) is 0 Å². The van der Waals surface area contributed by atoms with Crippen LogP contribution in [0.5, 0.6) is 0 Å². The summed E-state index contributed by atoms with van der Waals surface area (Å²) in [6.07, 6.45) is -0.451. The van der Waals surface area contributed by atoms with Crippen molar-refractivity contribution >= 4 is 5.91 Å². The summed E-state index contributed by atoms with van der Waals surface area (Å²) in [4.78, 5) is 11.0. The summed E-state index contributed by atoms with van der Waals surface area (Å²) in [5.74, 6) is -0.694. The van der Waals surface area contributed by atoms with Gasteiger partial charge in [0.05, 0.1) is 0 Å². The summed E-state index contributed by atoms with van der Waals surface area (Å²) in [6, 6.07) is 6.21. The predicted molar refractivity (Wildman–Crippen MR) is 54.8 cm³/mol. The molecule has 1 unspecified atom stereocenters. The largest absolute Gasteiger partial charge is 0.384 e. The molecule has 0 bridgehead atoms. The van der Waals surface area contributed by atoms with Crippen molar-refractivity contribution in [2.45, 2.75) is 19.4 Å². The van der Waals surface area contributed by atoms with Crippen molar-refractivity contribution in [3.63, 3.8) is 0 Å². The lowest BCUT2D eigenvalue weighted by Gasteiger charge is -2.06. The molecular formula is C11H14FNO2. The zero-order chi connectivity index (χ0) is 11.3. The molecule has 1 amide bonds. The highest BCUT2D eigenvalue weighted by atomic mass is 19.1. The minimum absolute atomic E-state index is 0.283. The van der Waals surface area contributed by atoms with Crippen molar-refractivity contribution < 1.29 is 14.3 Å². The third kappa shape index (κ3) is 4.08. The fourth-order valence-corrected chi connectivity index (χ4v) is 1.17. The van der Waals surface area contributed by atoms with E-state index in [0.29, 0.717) is 13.0 Å². The molecule has 1 rings (SSSR count). The SMILES string of the molecule is CC(O)C(=O)NCCc1cccc(F)c1.